The van der Waals surface area contributed by atoms with Crippen molar-refractivity contribution in [1.82, 2.24) is 9.88 Å². The number of methoxy groups -OCH3 is 3. The molecule has 3 aromatic rings. The van der Waals surface area contributed by atoms with Crippen molar-refractivity contribution in [3.8, 4) is 17.2 Å². The van der Waals surface area contributed by atoms with Crippen molar-refractivity contribution in [1.29, 1.82) is 0 Å². The van der Waals surface area contributed by atoms with Crippen LogP contribution < -0.4 is 19.9 Å². The number of piperidine rings is 1. The quantitative estimate of drug-likeness (QED) is 0.673. The lowest BCUT2D eigenvalue weighted by atomic mass is 9.91. The first-order valence-corrected chi connectivity index (χ1v) is 10.3. The van der Waals surface area contributed by atoms with Crippen LogP contribution in [-0.2, 0) is 0 Å². The van der Waals surface area contributed by atoms with Crippen LogP contribution in [0, 0.1) is 0 Å². The Morgan fingerprint density at radius 1 is 1.00 bits per heavy atom. The number of benzene rings is 2. The molecule has 7 heteroatoms. The normalized spacial score (nSPS) is 14.5. The van der Waals surface area contributed by atoms with Crippen LogP contribution in [0.25, 0.3) is 10.9 Å². The summed E-state index contributed by atoms with van der Waals surface area (Å²) in [5.74, 6) is 1.57. The van der Waals surface area contributed by atoms with Gasteiger partial charge in [0.1, 0.15) is 0 Å². The number of likely N-dealkylation sites (tertiary alicyclic amines) is 1. The van der Waals surface area contributed by atoms with Crippen LogP contribution in [0.2, 0.25) is 0 Å². The molecule has 1 aromatic heterocycles. The van der Waals surface area contributed by atoms with E-state index in [1.54, 1.807) is 19.2 Å². The Labute approximate surface area is 181 Å². The molecule has 2 N–H and O–H groups in total. The third kappa shape index (κ3) is 3.95. The molecule has 31 heavy (non-hydrogen) atoms. The predicted octanol–water partition coefficient (Wildman–Crippen LogP) is 3.86. The molecule has 0 radical (unpaired) electrons. The maximum Gasteiger partial charge on any atom is 0.254 e. The number of rotatable bonds is 5. The summed E-state index contributed by atoms with van der Waals surface area (Å²) < 4.78 is 16.1. The minimum Gasteiger partial charge on any atom is -0.493 e. The molecule has 4 rings (SSSR count). The van der Waals surface area contributed by atoms with Gasteiger partial charge in [0.05, 0.1) is 38.2 Å². The first-order valence-electron chi connectivity index (χ1n) is 10.3. The van der Waals surface area contributed by atoms with E-state index in [-0.39, 0.29) is 11.8 Å². The third-order valence-corrected chi connectivity index (χ3v) is 5.86. The van der Waals surface area contributed by atoms with Crippen molar-refractivity contribution in [2.45, 2.75) is 18.8 Å². The zero-order chi connectivity index (χ0) is 22.0. The van der Waals surface area contributed by atoms with E-state index in [2.05, 4.69) is 0 Å². The fraction of sp³-hybridized carbons (Fsp3) is 0.333. The van der Waals surface area contributed by atoms with Gasteiger partial charge in [-0.25, -0.2) is 0 Å². The van der Waals surface area contributed by atoms with Gasteiger partial charge in [-0.15, -0.1) is 0 Å². The number of anilines is 1. The molecule has 0 bridgehead atoms. The van der Waals surface area contributed by atoms with E-state index < -0.39 is 0 Å². The smallest absolute Gasteiger partial charge is 0.254 e. The van der Waals surface area contributed by atoms with Crippen LogP contribution >= 0.6 is 0 Å². The first kappa shape index (κ1) is 20.8. The molecule has 1 fully saturated rings. The summed E-state index contributed by atoms with van der Waals surface area (Å²) in [4.78, 5) is 19.8. The highest BCUT2D eigenvalue weighted by atomic mass is 16.5. The van der Waals surface area contributed by atoms with E-state index in [0.717, 1.165) is 29.4 Å². The summed E-state index contributed by atoms with van der Waals surface area (Å²) in [7, 11) is 4.62. The Kier molecular flexibility index (Phi) is 5.84. The average Bonchev–Trinajstić information content (AvgIpc) is 2.82. The van der Waals surface area contributed by atoms with E-state index in [1.807, 2.05) is 35.2 Å². The van der Waals surface area contributed by atoms with Crippen LogP contribution in [0.15, 0.2) is 42.5 Å². The lowest BCUT2D eigenvalue weighted by molar-refractivity contribution is 0.0711. The van der Waals surface area contributed by atoms with E-state index in [9.17, 15) is 4.79 Å². The topological polar surface area (TPSA) is 86.9 Å². The van der Waals surface area contributed by atoms with Crippen molar-refractivity contribution in [2.75, 3.05) is 40.2 Å². The Hall–Kier alpha value is -3.48. The third-order valence-electron chi connectivity index (χ3n) is 5.86. The summed E-state index contributed by atoms with van der Waals surface area (Å²) >= 11 is 0. The summed E-state index contributed by atoms with van der Waals surface area (Å²) in [6.07, 6.45) is 1.62. The maximum atomic E-state index is 13.2. The standard InChI is InChI=1S/C24H27N3O4/c1-29-20-13-17(14-21(30-2)23(20)31-3)24(28)27-10-8-15(9-11-27)22-18(25)12-16-6-4-5-7-19(16)26-22/h4-7,12-15H,8-11,25H2,1-3H3. The SMILES string of the molecule is COc1cc(C(=O)N2CCC(c3nc4ccccc4cc3N)CC2)cc(OC)c1OC. The molecule has 0 atom stereocenters. The van der Waals surface area contributed by atoms with Gasteiger partial charge < -0.3 is 24.8 Å². The average molecular weight is 421 g/mol. The number of nitrogens with zero attached hydrogens (tertiary/aromatic N) is 2. The highest BCUT2D eigenvalue weighted by Gasteiger charge is 2.28. The van der Waals surface area contributed by atoms with Crippen molar-refractivity contribution in [2.24, 2.45) is 0 Å². The van der Waals surface area contributed by atoms with Crippen LogP contribution in [0.3, 0.4) is 0 Å². The number of para-hydroxylation sites is 1. The molecule has 1 saturated heterocycles. The van der Waals surface area contributed by atoms with Crippen molar-refractivity contribution in [3.05, 3.63) is 53.7 Å². The highest BCUT2D eigenvalue weighted by molar-refractivity contribution is 5.95. The number of ether oxygens (including phenoxy) is 3. The largest absolute Gasteiger partial charge is 0.493 e. The molecule has 162 valence electrons. The minimum absolute atomic E-state index is 0.0582. The number of nitrogen functional groups attached to an aromatic ring is 1. The van der Waals surface area contributed by atoms with Crippen LogP contribution in [0.5, 0.6) is 17.2 Å². The van der Waals surface area contributed by atoms with Crippen molar-refractivity contribution < 1.29 is 19.0 Å². The highest BCUT2D eigenvalue weighted by Crippen LogP contribution is 2.39. The summed E-state index contributed by atoms with van der Waals surface area (Å²) in [5.41, 5.74) is 9.41. The van der Waals surface area contributed by atoms with Gasteiger partial charge in [0.15, 0.2) is 11.5 Å². The van der Waals surface area contributed by atoms with Gasteiger partial charge in [-0.05, 0) is 37.1 Å². The van der Waals surface area contributed by atoms with Crippen LogP contribution in [-0.4, -0.2) is 50.2 Å². The minimum atomic E-state index is -0.0582. The van der Waals surface area contributed by atoms with Gasteiger partial charge in [0, 0.05) is 30.0 Å². The molecule has 1 aliphatic heterocycles. The zero-order valence-corrected chi connectivity index (χ0v) is 18.1. The summed E-state index contributed by atoms with van der Waals surface area (Å²) in [5, 5.41) is 1.04. The number of carbonyl (C=O) groups is 1. The molecular formula is C24H27N3O4. The van der Waals surface area contributed by atoms with Gasteiger partial charge >= 0.3 is 0 Å². The summed E-state index contributed by atoms with van der Waals surface area (Å²) in [6, 6.07) is 13.4. The van der Waals surface area contributed by atoms with Crippen LogP contribution in [0.4, 0.5) is 5.69 Å². The summed E-state index contributed by atoms with van der Waals surface area (Å²) in [6.45, 7) is 1.27. The lowest BCUT2D eigenvalue weighted by Crippen LogP contribution is -2.38. The number of amides is 1. The Bertz CT molecular complexity index is 1080. The van der Waals surface area contributed by atoms with E-state index in [4.69, 9.17) is 24.9 Å². The molecule has 0 unspecified atom stereocenters. The second-order valence-corrected chi connectivity index (χ2v) is 7.64. The van der Waals surface area contributed by atoms with Crippen molar-refractivity contribution >= 4 is 22.5 Å². The van der Waals surface area contributed by atoms with E-state index >= 15 is 0 Å². The van der Waals surface area contributed by atoms with Gasteiger partial charge in [-0.1, -0.05) is 18.2 Å². The van der Waals surface area contributed by atoms with Gasteiger partial charge in [0.25, 0.3) is 5.91 Å². The lowest BCUT2D eigenvalue weighted by Gasteiger charge is -2.32. The van der Waals surface area contributed by atoms with Crippen molar-refractivity contribution in [3.63, 3.8) is 0 Å². The molecule has 1 amide bonds. The number of pyridine rings is 1. The first-order chi connectivity index (χ1) is 15.0. The number of fused-ring (bicyclic) bond motifs is 1. The molecule has 2 heterocycles. The fourth-order valence-electron chi connectivity index (χ4n) is 4.22. The predicted molar refractivity (Wildman–Crippen MR) is 120 cm³/mol. The molecule has 2 aromatic carbocycles. The second-order valence-electron chi connectivity index (χ2n) is 7.64. The monoisotopic (exact) mass is 421 g/mol. The fourth-order valence-corrected chi connectivity index (χ4v) is 4.22. The molecule has 0 saturated carbocycles. The van der Waals surface area contributed by atoms with Gasteiger partial charge in [-0.2, -0.15) is 0 Å². The molecular weight excluding hydrogens is 394 g/mol. The molecule has 7 nitrogen and oxygen atoms in total. The number of aromatic nitrogens is 1. The molecule has 0 spiro atoms. The van der Waals surface area contributed by atoms with Gasteiger partial charge in [-0.3, -0.25) is 9.78 Å². The number of hydrogen-bond acceptors (Lipinski definition) is 6. The van der Waals surface area contributed by atoms with E-state index in [1.165, 1.54) is 14.2 Å². The van der Waals surface area contributed by atoms with Gasteiger partial charge in [0.2, 0.25) is 5.75 Å². The number of carbonyl (C=O) groups excluding carboxylic acids is 1. The second kappa shape index (κ2) is 8.71. The maximum absolute atomic E-state index is 13.2. The Morgan fingerprint density at radius 3 is 2.26 bits per heavy atom. The number of nitrogens with two attached hydrogens (primary N) is 1. The molecule has 1 aliphatic rings. The Balaban J connectivity index is 1.51. The van der Waals surface area contributed by atoms with E-state index in [0.29, 0.717) is 41.6 Å². The van der Waals surface area contributed by atoms with Crippen LogP contribution in [0.1, 0.15) is 34.8 Å². The number of hydrogen-bond donors (Lipinski definition) is 1. The Morgan fingerprint density at radius 2 is 1.65 bits per heavy atom. The zero-order valence-electron chi connectivity index (χ0n) is 18.1. The molecule has 0 aliphatic carbocycles.